The Morgan fingerprint density at radius 2 is 2.03 bits per heavy atom. The van der Waals surface area contributed by atoms with Gasteiger partial charge in [-0.2, -0.15) is 0 Å². The van der Waals surface area contributed by atoms with Crippen LogP contribution in [0.4, 0.5) is 9.52 Å². The molecular formula is C21H31FIN5OS. The Hall–Kier alpha value is -1.62. The molecule has 1 aliphatic heterocycles. The number of rotatable bonds is 9. The smallest absolute Gasteiger partial charge is 0.193 e. The molecule has 0 spiro atoms. The molecule has 0 atom stereocenters. The lowest BCUT2D eigenvalue weighted by molar-refractivity contribution is 0.281. The van der Waals surface area contributed by atoms with Gasteiger partial charge in [0.05, 0.1) is 12.2 Å². The SMILES string of the molecule is CCNC(=NCCc1csc(N2CCCC2)n1)N(C)CCOc1ccc(F)cc1.I. The summed E-state index contributed by atoms with van der Waals surface area (Å²) in [7, 11) is 1.99. The van der Waals surface area contributed by atoms with Crippen LogP contribution in [0.25, 0.3) is 0 Å². The van der Waals surface area contributed by atoms with Crippen molar-refractivity contribution in [2.45, 2.75) is 26.2 Å². The molecule has 0 radical (unpaired) electrons. The lowest BCUT2D eigenvalue weighted by atomic mass is 10.3. The van der Waals surface area contributed by atoms with Crippen LogP contribution < -0.4 is 15.0 Å². The van der Waals surface area contributed by atoms with E-state index in [2.05, 4.69) is 22.5 Å². The molecule has 1 fully saturated rings. The second-order valence-corrected chi connectivity index (χ2v) is 7.86. The van der Waals surface area contributed by atoms with E-state index in [1.54, 1.807) is 23.5 Å². The van der Waals surface area contributed by atoms with Crippen LogP contribution in [0.1, 0.15) is 25.5 Å². The van der Waals surface area contributed by atoms with Gasteiger partial charge in [0.1, 0.15) is 18.2 Å². The summed E-state index contributed by atoms with van der Waals surface area (Å²) in [5.41, 5.74) is 1.11. The summed E-state index contributed by atoms with van der Waals surface area (Å²) in [5, 5.41) is 6.61. The predicted molar refractivity (Wildman–Crippen MR) is 133 cm³/mol. The Labute approximate surface area is 199 Å². The summed E-state index contributed by atoms with van der Waals surface area (Å²) >= 11 is 1.73. The maximum Gasteiger partial charge on any atom is 0.193 e. The quantitative estimate of drug-likeness (QED) is 0.292. The molecule has 0 amide bonds. The van der Waals surface area contributed by atoms with Gasteiger partial charge in [0, 0.05) is 45.0 Å². The Bertz CT molecular complexity index is 780. The first kappa shape index (κ1) is 24.6. The summed E-state index contributed by atoms with van der Waals surface area (Å²) in [6, 6.07) is 6.08. The number of halogens is 2. The minimum Gasteiger partial charge on any atom is -0.492 e. The molecule has 1 aromatic heterocycles. The van der Waals surface area contributed by atoms with Gasteiger partial charge in [-0.15, -0.1) is 35.3 Å². The number of likely N-dealkylation sites (N-methyl/N-ethyl adjacent to an activating group) is 1. The van der Waals surface area contributed by atoms with Gasteiger partial charge >= 0.3 is 0 Å². The monoisotopic (exact) mass is 547 g/mol. The number of nitrogens with zero attached hydrogens (tertiary/aromatic N) is 4. The van der Waals surface area contributed by atoms with Gasteiger partial charge in [0.25, 0.3) is 0 Å². The third-order valence-corrected chi connectivity index (χ3v) is 5.70. The number of ether oxygens (including phenoxy) is 1. The highest BCUT2D eigenvalue weighted by atomic mass is 127. The summed E-state index contributed by atoms with van der Waals surface area (Å²) in [4.78, 5) is 13.9. The number of benzene rings is 1. The largest absolute Gasteiger partial charge is 0.492 e. The van der Waals surface area contributed by atoms with E-state index in [1.165, 1.54) is 25.0 Å². The highest BCUT2D eigenvalue weighted by molar-refractivity contribution is 14.0. The third-order valence-electron chi connectivity index (χ3n) is 4.75. The van der Waals surface area contributed by atoms with Crippen LogP contribution in [0.2, 0.25) is 0 Å². The molecule has 6 nitrogen and oxygen atoms in total. The zero-order valence-corrected chi connectivity index (χ0v) is 20.8. The number of guanidine groups is 1. The number of hydrogen-bond donors (Lipinski definition) is 1. The molecule has 0 aliphatic carbocycles. The van der Waals surface area contributed by atoms with Crippen molar-refractivity contribution in [2.75, 3.05) is 51.3 Å². The summed E-state index contributed by atoms with van der Waals surface area (Å²) in [6.45, 7) is 6.98. The second kappa shape index (κ2) is 12.9. The van der Waals surface area contributed by atoms with Crippen LogP contribution in [0, 0.1) is 5.82 Å². The minimum absolute atomic E-state index is 0. The Balaban J connectivity index is 0.00000320. The molecular weight excluding hydrogens is 516 g/mol. The van der Waals surface area contributed by atoms with E-state index >= 15 is 0 Å². The van der Waals surface area contributed by atoms with Gasteiger partial charge < -0.3 is 19.9 Å². The first-order valence-corrected chi connectivity index (χ1v) is 11.1. The number of nitrogens with one attached hydrogen (secondary N) is 1. The standard InChI is InChI=1S/C21H30FN5OS.HI/c1-3-23-20(26(2)14-15-28-19-8-6-17(22)7-9-19)24-11-10-18-16-29-21(25-18)27-12-4-5-13-27;/h6-9,16H,3-5,10-15H2,1-2H3,(H,23,24);1H. The van der Waals surface area contributed by atoms with Gasteiger partial charge in [-0.1, -0.05) is 0 Å². The van der Waals surface area contributed by atoms with Crippen LogP contribution in [0.15, 0.2) is 34.6 Å². The predicted octanol–water partition coefficient (Wildman–Crippen LogP) is 4.02. The lowest BCUT2D eigenvalue weighted by Crippen LogP contribution is -2.41. The number of hydrogen-bond acceptors (Lipinski definition) is 5. The maximum absolute atomic E-state index is 13.0. The fraction of sp³-hybridized carbons (Fsp3) is 0.524. The van der Waals surface area contributed by atoms with E-state index in [0.717, 1.165) is 42.8 Å². The molecule has 3 rings (SSSR count). The highest BCUT2D eigenvalue weighted by Crippen LogP contribution is 2.24. The van der Waals surface area contributed by atoms with E-state index in [1.807, 2.05) is 11.9 Å². The molecule has 9 heteroatoms. The first-order valence-electron chi connectivity index (χ1n) is 10.2. The number of aromatic nitrogens is 1. The summed E-state index contributed by atoms with van der Waals surface area (Å²) < 4.78 is 18.6. The topological polar surface area (TPSA) is 53.0 Å². The minimum atomic E-state index is -0.260. The van der Waals surface area contributed by atoms with Crippen molar-refractivity contribution >= 4 is 46.4 Å². The lowest BCUT2D eigenvalue weighted by Gasteiger charge is -2.22. The van der Waals surface area contributed by atoms with Crippen molar-refractivity contribution in [3.05, 3.63) is 41.2 Å². The van der Waals surface area contributed by atoms with Gasteiger partial charge in [-0.3, -0.25) is 4.99 Å². The van der Waals surface area contributed by atoms with Gasteiger partial charge in [0.15, 0.2) is 11.1 Å². The Kier molecular flexibility index (Phi) is 10.6. The van der Waals surface area contributed by atoms with Crippen LogP contribution in [0.3, 0.4) is 0 Å². The molecule has 30 heavy (non-hydrogen) atoms. The van der Waals surface area contributed by atoms with Gasteiger partial charge in [-0.05, 0) is 44.0 Å². The second-order valence-electron chi connectivity index (χ2n) is 7.03. The highest BCUT2D eigenvalue weighted by Gasteiger charge is 2.15. The van der Waals surface area contributed by atoms with E-state index < -0.39 is 0 Å². The van der Waals surface area contributed by atoms with Gasteiger partial charge in [-0.25, -0.2) is 9.37 Å². The molecule has 0 saturated carbocycles. The molecule has 2 heterocycles. The van der Waals surface area contributed by atoms with Gasteiger partial charge in [0.2, 0.25) is 0 Å². The number of anilines is 1. The van der Waals surface area contributed by atoms with Crippen LogP contribution in [-0.2, 0) is 6.42 Å². The fourth-order valence-electron chi connectivity index (χ4n) is 3.15. The molecule has 0 bridgehead atoms. The molecule has 0 unspecified atom stereocenters. The number of aliphatic imine (C=N–C) groups is 1. The molecule has 1 aliphatic rings. The maximum atomic E-state index is 13.0. The van der Waals surface area contributed by atoms with Crippen molar-refractivity contribution in [3.63, 3.8) is 0 Å². The summed E-state index contributed by atoms with van der Waals surface area (Å²) in [6.07, 6.45) is 3.37. The van der Waals surface area contributed by atoms with Crippen LogP contribution >= 0.6 is 35.3 Å². The average Bonchev–Trinajstić information content (AvgIpc) is 3.40. The fourth-order valence-corrected chi connectivity index (χ4v) is 4.06. The van der Waals surface area contributed by atoms with E-state index in [9.17, 15) is 4.39 Å². The molecule has 1 aromatic carbocycles. The molecule has 1 N–H and O–H groups in total. The van der Waals surface area contributed by atoms with Crippen molar-refractivity contribution in [2.24, 2.45) is 4.99 Å². The van der Waals surface area contributed by atoms with Crippen molar-refractivity contribution in [1.82, 2.24) is 15.2 Å². The Morgan fingerprint density at radius 3 is 2.73 bits per heavy atom. The zero-order valence-electron chi connectivity index (χ0n) is 17.6. The van der Waals surface area contributed by atoms with E-state index in [-0.39, 0.29) is 29.8 Å². The first-order chi connectivity index (χ1) is 14.2. The van der Waals surface area contributed by atoms with Crippen LogP contribution in [0.5, 0.6) is 5.75 Å². The van der Waals surface area contributed by atoms with Crippen molar-refractivity contribution in [3.8, 4) is 5.75 Å². The Morgan fingerprint density at radius 1 is 1.30 bits per heavy atom. The van der Waals surface area contributed by atoms with Crippen LogP contribution in [-0.4, -0.2) is 62.2 Å². The normalized spacial score (nSPS) is 13.8. The summed E-state index contributed by atoms with van der Waals surface area (Å²) in [5.74, 6) is 1.26. The molecule has 1 saturated heterocycles. The van der Waals surface area contributed by atoms with E-state index in [0.29, 0.717) is 25.4 Å². The molecule has 2 aromatic rings. The van der Waals surface area contributed by atoms with E-state index in [4.69, 9.17) is 14.7 Å². The third kappa shape index (κ3) is 7.57. The van der Waals surface area contributed by atoms with Crippen molar-refractivity contribution < 1.29 is 9.13 Å². The zero-order chi connectivity index (χ0) is 20.5. The number of thiazole rings is 1. The average molecular weight is 547 g/mol. The molecule has 166 valence electrons. The van der Waals surface area contributed by atoms with Crippen molar-refractivity contribution in [1.29, 1.82) is 0 Å².